The number of nitrogens with one attached hydrogen (secondary N) is 1. The van der Waals surface area contributed by atoms with E-state index in [1.807, 2.05) is 24.3 Å². The second-order valence-corrected chi connectivity index (χ2v) is 5.33. The van der Waals surface area contributed by atoms with Crippen LogP contribution in [0.5, 0.6) is 5.75 Å². The van der Waals surface area contributed by atoms with Crippen molar-refractivity contribution < 1.29 is 9.53 Å². The first-order valence-electron chi connectivity index (χ1n) is 7.07. The molecule has 1 aromatic carbocycles. The monoisotopic (exact) mass is 261 g/mol. The molecule has 2 rings (SSSR count). The van der Waals surface area contributed by atoms with E-state index in [4.69, 9.17) is 4.74 Å². The molecule has 0 amide bonds. The van der Waals surface area contributed by atoms with Gasteiger partial charge in [0.05, 0.1) is 7.11 Å². The number of ether oxygens (including phenoxy) is 1. The summed E-state index contributed by atoms with van der Waals surface area (Å²) in [6.45, 7) is 3.95. The number of hydrogen-bond acceptors (Lipinski definition) is 3. The van der Waals surface area contributed by atoms with Crippen molar-refractivity contribution in [2.24, 2.45) is 5.41 Å². The molecule has 3 heteroatoms. The topological polar surface area (TPSA) is 38.3 Å². The van der Waals surface area contributed by atoms with E-state index >= 15 is 0 Å². The first kappa shape index (κ1) is 14.1. The fourth-order valence-corrected chi connectivity index (χ4v) is 2.80. The predicted molar refractivity (Wildman–Crippen MR) is 76.5 cm³/mol. The smallest absolute Gasteiger partial charge is 0.140 e. The number of carbonyl (C=O) groups excluding carboxylic acids is 1. The Hall–Kier alpha value is -1.35. The molecule has 1 aliphatic rings. The van der Waals surface area contributed by atoms with E-state index in [2.05, 4.69) is 12.2 Å². The molecule has 1 atom stereocenters. The van der Waals surface area contributed by atoms with Crippen LogP contribution in [0.1, 0.15) is 31.7 Å². The van der Waals surface area contributed by atoms with Crippen LogP contribution in [0.3, 0.4) is 0 Å². The molecule has 1 aromatic rings. The highest BCUT2D eigenvalue weighted by molar-refractivity contribution is 5.85. The van der Waals surface area contributed by atoms with Gasteiger partial charge in [-0.15, -0.1) is 0 Å². The molecule has 3 nitrogen and oxygen atoms in total. The third kappa shape index (κ3) is 3.16. The lowest BCUT2D eigenvalue weighted by molar-refractivity contribution is -0.128. The summed E-state index contributed by atoms with van der Waals surface area (Å²) in [5.74, 6) is 1.27. The molecule has 0 aromatic heterocycles. The number of rotatable bonds is 6. The van der Waals surface area contributed by atoms with Crippen LogP contribution < -0.4 is 10.1 Å². The zero-order chi connectivity index (χ0) is 13.7. The number of aryl methyl sites for hydroxylation is 1. The maximum atomic E-state index is 12.4. The van der Waals surface area contributed by atoms with Crippen molar-refractivity contribution >= 4 is 5.78 Å². The summed E-state index contributed by atoms with van der Waals surface area (Å²) in [5.41, 5.74) is 1.10. The highest BCUT2D eigenvalue weighted by Crippen LogP contribution is 2.32. The largest absolute Gasteiger partial charge is 0.497 e. The Labute approximate surface area is 115 Å². The molecule has 1 fully saturated rings. The van der Waals surface area contributed by atoms with Crippen molar-refractivity contribution in [3.05, 3.63) is 29.8 Å². The van der Waals surface area contributed by atoms with Gasteiger partial charge in [-0.3, -0.25) is 4.79 Å². The molecular weight excluding hydrogens is 238 g/mol. The van der Waals surface area contributed by atoms with E-state index in [1.54, 1.807) is 7.11 Å². The summed E-state index contributed by atoms with van der Waals surface area (Å²) in [5, 5.41) is 3.32. The minimum atomic E-state index is -0.105. The van der Waals surface area contributed by atoms with E-state index in [1.165, 1.54) is 5.56 Å². The van der Waals surface area contributed by atoms with Crippen LogP contribution in [0.4, 0.5) is 0 Å². The van der Waals surface area contributed by atoms with Gasteiger partial charge in [0.1, 0.15) is 11.5 Å². The van der Waals surface area contributed by atoms with Crippen molar-refractivity contribution in [3.8, 4) is 5.75 Å². The minimum Gasteiger partial charge on any atom is -0.497 e. The van der Waals surface area contributed by atoms with Crippen LogP contribution in [-0.2, 0) is 11.2 Å². The lowest BCUT2D eigenvalue weighted by atomic mass is 9.78. The first-order chi connectivity index (χ1) is 9.20. The summed E-state index contributed by atoms with van der Waals surface area (Å²) in [4.78, 5) is 12.4. The van der Waals surface area contributed by atoms with Gasteiger partial charge in [0.25, 0.3) is 0 Å². The fourth-order valence-electron chi connectivity index (χ4n) is 2.80. The van der Waals surface area contributed by atoms with Crippen LogP contribution in [0, 0.1) is 5.41 Å². The second-order valence-electron chi connectivity index (χ2n) is 5.33. The van der Waals surface area contributed by atoms with Crippen LogP contribution in [-0.4, -0.2) is 26.0 Å². The van der Waals surface area contributed by atoms with Gasteiger partial charge in [-0.2, -0.15) is 0 Å². The Morgan fingerprint density at radius 3 is 2.63 bits per heavy atom. The first-order valence-corrected chi connectivity index (χ1v) is 7.07. The molecule has 0 radical (unpaired) electrons. The lowest BCUT2D eigenvalue weighted by Gasteiger charge is -2.24. The molecule has 0 saturated carbocycles. The third-order valence-corrected chi connectivity index (χ3v) is 4.31. The van der Waals surface area contributed by atoms with Crippen molar-refractivity contribution in [2.45, 2.75) is 32.6 Å². The predicted octanol–water partition coefficient (Wildman–Crippen LogP) is 2.59. The van der Waals surface area contributed by atoms with Gasteiger partial charge in [0.2, 0.25) is 0 Å². The molecule has 1 N–H and O–H groups in total. The summed E-state index contributed by atoms with van der Waals surface area (Å²) < 4.78 is 5.13. The van der Waals surface area contributed by atoms with Crippen LogP contribution in [0.25, 0.3) is 0 Å². The molecule has 1 saturated heterocycles. The summed E-state index contributed by atoms with van der Waals surface area (Å²) >= 11 is 0. The Kier molecular flexibility index (Phi) is 4.59. The maximum absolute atomic E-state index is 12.4. The van der Waals surface area contributed by atoms with Gasteiger partial charge in [-0.1, -0.05) is 19.1 Å². The average molecular weight is 261 g/mol. The van der Waals surface area contributed by atoms with Crippen molar-refractivity contribution in [1.29, 1.82) is 0 Å². The lowest BCUT2D eigenvalue weighted by Crippen LogP contribution is -2.33. The van der Waals surface area contributed by atoms with Crippen molar-refractivity contribution in [2.75, 3.05) is 20.2 Å². The highest BCUT2D eigenvalue weighted by Gasteiger charge is 2.38. The van der Waals surface area contributed by atoms with Gasteiger partial charge >= 0.3 is 0 Å². The molecule has 0 bridgehead atoms. The maximum Gasteiger partial charge on any atom is 0.140 e. The van der Waals surface area contributed by atoms with E-state index in [9.17, 15) is 4.79 Å². The molecule has 0 aliphatic carbocycles. The normalized spacial score (nSPS) is 22.4. The summed E-state index contributed by atoms with van der Waals surface area (Å²) in [6.07, 6.45) is 3.40. The highest BCUT2D eigenvalue weighted by atomic mass is 16.5. The van der Waals surface area contributed by atoms with Gasteiger partial charge in [0.15, 0.2) is 0 Å². The van der Waals surface area contributed by atoms with Crippen LogP contribution in [0.2, 0.25) is 0 Å². The Morgan fingerprint density at radius 1 is 1.37 bits per heavy atom. The summed E-state index contributed by atoms with van der Waals surface area (Å²) in [6, 6.07) is 7.98. The SMILES string of the molecule is CCC1(C(=O)CCc2ccc(OC)cc2)CCNC1. The van der Waals surface area contributed by atoms with Crippen LogP contribution >= 0.6 is 0 Å². The van der Waals surface area contributed by atoms with Crippen LogP contribution in [0.15, 0.2) is 24.3 Å². The number of hydrogen-bond donors (Lipinski definition) is 1. The van der Waals surface area contributed by atoms with E-state index in [0.717, 1.165) is 38.1 Å². The zero-order valence-electron chi connectivity index (χ0n) is 11.9. The molecule has 1 aliphatic heterocycles. The van der Waals surface area contributed by atoms with Gasteiger partial charge in [-0.25, -0.2) is 0 Å². The zero-order valence-corrected chi connectivity index (χ0v) is 11.9. The summed E-state index contributed by atoms with van der Waals surface area (Å²) in [7, 11) is 1.66. The number of carbonyl (C=O) groups is 1. The van der Waals surface area contributed by atoms with Gasteiger partial charge in [0, 0.05) is 18.4 Å². The molecule has 1 heterocycles. The van der Waals surface area contributed by atoms with Crippen molar-refractivity contribution in [1.82, 2.24) is 5.32 Å². The van der Waals surface area contributed by atoms with Gasteiger partial charge < -0.3 is 10.1 Å². The Morgan fingerprint density at radius 2 is 2.11 bits per heavy atom. The fraction of sp³-hybridized carbons (Fsp3) is 0.562. The second kappa shape index (κ2) is 6.20. The number of ketones is 1. The van der Waals surface area contributed by atoms with E-state index in [-0.39, 0.29) is 5.41 Å². The number of Topliss-reactive ketones (excluding diaryl/α,β-unsaturated/α-hetero) is 1. The molecule has 1 unspecified atom stereocenters. The quantitative estimate of drug-likeness (QED) is 0.855. The average Bonchev–Trinajstić information content (AvgIpc) is 2.95. The Bertz CT molecular complexity index is 419. The van der Waals surface area contributed by atoms with Crippen molar-refractivity contribution in [3.63, 3.8) is 0 Å². The van der Waals surface area contributed by atoms with Gasteiger partial charge in [-0.05, 0) is 43.5 Å². The molecule has 104 valence electrons. The standard InChI is InChI=1S/C16H23NO2/c1-3-16(10-11-17-12-16)15(18)9-6-13-4-7-14(19-2)8-5-13/h4-5,7-8,17H,3,6,9-12H2,1-2H3. The van der Waals surface area contributed by atoms with E-state index < -0.39 is 0 Å². The van der Waals surface area contributed by atoms with E-state index in [0.29, 0.717) is 12.2 Å². The molecular formula is C16H23NO2. The number of benzene rings is 1. The Balaban J connectivity index is 1.92. The third-order valence-electron chi connectivity index (χ3n) is 4.31. The molecule has 19 heavy (non-hydrogen) atoms. The molecule has 0 spiro atoms. The number of methoxy groups -OCH3 is 1. The minimum absolute atomic E-state index is 0.105.